The summed E-state index contributed by atoms with van der Waals surface area (Å²) in [5, 5.41) is 8.15. The minimum absolute atomic E-state index is 0.508. The van der Waals surface area contributed by atoms with E-state index in [9.17, 15) is 0 Å². The summed E-state index contributed by atoms with van der Waals surface area (Å²) >= 11 is 2.99. The zero-order valence-electron chi connectivity index (χ0n) is 7.25. The molecule has 6 heteroatoms. The van der Waals surface area contributed by atoms with Gasteiger partial charge in [0.2, 0.25) is 5.13 Å². The molecule has 72 valence electrons. The van der Waals surface area contributed by atoms with Gasteiger partial charge in [0.25, 0.3) is 0 Å². The lowest BCUT2D eigenvalue weighted by molar-refractivity contribution is 1.01. The van der Waals surface area contributed by atoms with Crippen molar-refractivity contribution in [3.05, 3.63) is 30.1 Å². The number of nitrogen functional groups attached to an aromatic ring is 1. The average molecular weight is 224 g/mol. The van der Waals surface area contributed by atoms with Gasteiger partial charge in [-0.25, -0.2) is 0 Å². The standard InChI is InChI=1S/C8H8N4S2/c9-7-11-12-8(14-7)13-5-6-3-1-2-4-10-6/h1-4H,5H2,(H2,9,11). The van der Waals surface area contributed by atoms with Crippen LogP contribution in [0.15, 0.2) is 28.7 Å². The molecule has 0 fully saturated rings. The lowest BCUT2D eigenvalue weighted by Crippen LogP contribution is -1.83. The van der Waals surface area contributed by atoms with Gasteiger partial charge in [-0.05, 0) is 12.1 Å². The fourth-order valence-electron chi connectivity index (χ4n) is 0.898. The van der Waals surface area contributed by atoms with Gasteiger partial charge in [-0.2, -0.15) is 0 Å². The van der Waals surface area contributed by atoms with Crippen molar-refractivity contribution in [1.29, 1.82) is 0 Å². The lowest BCUT2D eigenvalue weighted by atomic mass is 10.4. The quantitative estimate of drug-likeness (QED) is 0.805. The normalized spacial score (nSPS) is 10.3. The van der Waals surface area contributed by atoms with Gasteiger partial charge >= 0.3 is 0 Å². The molecule has 0 aliphatic heterocycles. The smallest absolute Gasteiger partial charge is 0.203 e. The maximum absolute atomic E-state index is 5.46. The number of aromatic nitrogens is 3. The molecular formula is C8H8N4S2. The highest BCUT2D eigenvalue weighted by molar-refractivity contribution is 8.00. The highest BCUT2D eigenvalue weighted by atomic mass is 32.2. The van der Waals surface area contributed by atoms with Crippen LogP contribution in [-0.4, -0.2) is 15.2 Å². The van der Waals surface area contributed by atoms with Crippen LogP contribution in [0.5, 0.6) is 0 Å². The SMILES string of the molecule is Nc1nnc(SCc2ccccn2)s1. The second-order valence-corrected chi connectivity index (χ2v) is 4.75. The maximum atomic E-state index is 5.46. The summed E-state index contributed by atoms with van der Waals surface area (Å²) in [6.07, 6.45) is 1.78. The molecule has 0 saturated carbocycles. The van der Waals surface area contributed by atoms with E-state index in [1.807, 2.05) is 18.2 Å². The van der Waals surface area contributed by atoms with Crippen LogP contribution in [-0.2, 0) is 5.75 Å². The van der Waals surface area contributed by atoms with Crippen molar-refractivity contribution in [2.75, 3.05) is 5.73 Å². The third kappa shape index (κ3) is 2.43. The summed E-state index contributed by atoms with van der Waals surface area (Å²) < 4.78 is 0.883. The number of rotatable bonds is 3. The third-order valence-electron chi connectivity index (χ3n) is 1.49. The Morgan fingerprint density at radius 1 is 1.36 bits per heavy atom. The molecule has 0 atom stereocenters. The molecule has 2 rings (SSSR count). The molecule has 0 radical (unpaired) electrons. The number of pyridine rings is 1. The van der Waals surface area contributed by atoms with E-state index < -0.39 is 0 Å². The molecule has 0 spiro atoms. The maximum Gasteiger partial charge on any atom is 0.203 e. The second-order valence-electron chi connectivity index (χ2n) is 2.52. The molecule has 0 aliphatic carbocycles. The van der Waals surface area contributed by atoms with E-state index in [4.69, 9.17) is 5.73 Å². The first kappa shape index (κ1) is 9.42. The van der Waals surface area contributed by atoms with Crippen molar-refractivity contribution in [1.82, 2.24) is 15.2 Å². The largest absolute Gasteiger partial charge is 0.374 e. The zero-order chi connectivity index (χ0) is 9.80. The van der Waals surface area contributed by atoms with Crippen molar-refractivity contribution in [2.24, 2.45) is 0 Å². The summed E-state index contributed by atoms with van der Waals surface area (Å²) in [7, 11) is 0. The van der Waals surface area contributed by atoms with E-state index >= 15 is 0 Å². The van der Waals surface area contributed by atoms with Gasteiger partial charge in [0.15, 0.2) is 4.34 Å². The van der Waals surface area contributed by atoms with E-state index in [1.165, 1.54) is 11.3 Å². The number of nitrogens with zero attached hydrogens (tertiary/aromatic N) is 3. The van der Waals surface area contributed by atoms with Crippen molar-refractivity contribution in [2.45, 2.75) is 10.1 Å². The lowest BCUT2D eigenvalue weighted by Gasteiger charge is -1.95. The molecule has 0 unspecified atom stereocenters. The molecule has 0 bridgehead atoms. The number of hydrogen-bond acceptors (Lipinski definition) is 6. The first-order valence-electron chi connectivity index (χ1n) is 3.96. The van der Waals surface area contributed by atoms with Crippen LogP contribution in [0.4, 0.5) is 5.13 Å². The third-order valence-corrected chi connectivity index (χ3v) is 3.41. The number of nitrogens with two attached hydrogens (primary N) is 1. The molecule has 2 N–H and O–H groups in total. The molecule has 4 nitrogen and oxygen atoms in total. The molecule has 2 heterocycles. The van der Waals surface area contributed by atoms with E-state index in [2.05, 4.69) is 15.2 Å². The number of anilines is 1. The molecule has 0 aliphatic rings. The fraction of sp³-hybridized carbons (Fsp3) is 0.125. The zero-order valence-corrected chi connectivity index (χ0v) is 8.88. The molecule has 2 aromatic heterocycles. The van der Waals surface area contributed by atoms with Crippen LogP contribution < -0.4 is 5.73 Å². The van der Waals surface area contributed by atoms with Crippen molar-refractivity contribution in [3.63, 3.8) is 0 Å². The highest BCUT2D eigenvalue weighted by Gasteiger charge is 2.02. The summed E-state index contributed by atoms with van der Waals surface area (Å²) in [5.74, 6) is 0.801. The van der Waals surface area contributed by atoms with Crippen LogP contribution in [0.3, 0.4) is 0 Å². The Kier molecular flexibility index (Phi) is 2.95. The number of thioether (sulfide) groups is 1. The van der Waals surface area contributed by atoms with Crippen molar-refractivity contribution >= 4 is 28.2 Å². The van der Waals surface area contributed by atoms with Crippen LogP contribution in [0.25, 0.3) is 0 Å². The van der Waals surface area contributed by atoms with E-state index in [1.54, 1.807) is 18.0 Å². The van der Waals surface area contributed by atoms with Gasteiger partial charge in [0, 0.05) is 11.9 Å². The predicted molar refractivity (Wildman–Crippen MR) is 58.1 cm³/mol. The molecule has 0 saturated heterocycles. The molecule has 2 aromatic rings. The van der Waals surface area contributed by atoms with E-state index in [0.717, 1.165) is 15.8 Å². The van der Waals surface area contributed by atoms with Gasteiger partial charge in [-0.15, -0.1) is 10.2 Å². The van der Waals surface area contributed by atoms with Gasteiger partial charge < -0.3 is 5.73 Å². The van der Waals surface area contributed by atoms with Crippen molar-refractivity contribution in [3.8, 4) is 0 Å². The van der Waals surface area contributed by atoms with Gasteiger partial charge in [0.1, 0.15) is 0 Å². The summed E-state index contributed by atoms with van der Waals surface area (Å²) in [6.45, 7) is 0. The summed E-state index contributed by atoms with van der Waals surface area (Å²) in [5.41, 5.74) is 6.50. The molecule has 14 heavy (non-hydrogen) atoms. The second kappa shape index (κ2) is 4.39. The van der Waals surface area contributed by atoms with Crippen LogP contribution >= 0.6 is 23.1 Å². The van der Waals surface area contributed by atoms with E-state index in [-0.39, 0.29) is 0 Å². The Morgan fingerprint density at radius 3 is 2.93 bits per heavy atom. The minimum atomic E-state index is 0.508. The first-order chi connectivity index (χ1) is 6.84. The Labute approximate surface area is 89.6 Å². The number of hydrogen-bond donors (Lipinski definition) is 1. The van der Waals surface area contributed by atoms with Gasteiger partial charge in [0.05, 0.1) is 5.69 Å². The molecule has 0 aromatic carbocycles. The van der Waals surface area contributed by atoms with Crippen molar-refractivity contribution < 1.29 is 0 Å². The van der Waals surface area contributed by atoms with Gasteiger partial charge in [-0.3, -0.25) is 4.98 Å². The highest BCUT2D eigenvalue weighted by Crippen LogP contribution is 2.25. The Hall–Kier alpha value is -1.14. The Bertz CT molecular complexity index is 401. The van der Waals surface area contributed by atoms with Crippen LogP contribution in [0, 0.1) is 0 Å². The minimum Gasteiger partial charge on any atom is -0.374 e. The van der Waals surface area contributed by atoms with Crippen LogP contribution in [0.1, 0.15) is 5.69 Å². The topological polar surface area (TPSA) is 64.7 Å². The average Bonchev–Trinajstić information content (AvgIpc) is 2.63. The van der Waals surface area contributed by atoms with Gasteiger partial charge in [-0.1, -0.05) is 29.2 Å². The Balaban J connectivity index is 1.95. The summed E-state index contributed by atoms with van der Waals surface area (Å²) in [6, 6.07) is 5.85. The molecular weight excluding hydrogens is 216 g/mol. The monoisotopic (exact) mass is 224 g/mol. The predicted octanol–water partition coefficient (Wildman–Crippen LogP) is 1.81. The first-order valence-corrected chi connectivity index (χ1v) is 5.76. The van der Waals surface area contributed by atoms with E-state index in [0.29, 0.717) is 5.13 Å². The van der Waals surface area contributed by atoms with Crippen LogP contribution in [0.2, 0.25) is 0 Å². The summed E-state index contributed by atoms with van der Waals surface area (Å²) in [4.78, 5) is 4.20. The molecule has 0 amide bonds. The fourth-order valence-corrected chi connectivity index (χ4v) is 2.45. The Morgan fingerprint density at radius 2 is 2.29 bits per heavy atom.